The summed E-state index contributed by atoms with van der Waals surface area (Å²) in [6, 6.07) is 9.37. The number of carbonyl (C=O) groups excluding carboxylic acids is 1. The number of nitrogens with one attached hydrogen (secondary N) is 3. The molecule has 1 amide bonds. The van der Waals surface area contributed by atoms with Crippen molar-refractivity contribution < 1.29 is 9.53 Å². The minimum atomic E-state index is -0.142. The Bertz CT molecular complexity index is 836. The molecule has 0 saturated heterocycles. The third kappa shape index (κ3) is 6.35. The molecule has 0 aliphatic carbocycles. The first-order valence-corrected chi connectivity index (χ1v) is 9.62. The number of hydrogen-bond donors (Lipinski definition) is 3. The predicted molar refractivity (Wildman–Crippen MR) is 113 cm³/mol. The van der Waals surface area contributed by atoms with Crippen molar-refractivity contribution in [3.05, 3.63) is 51.8 Å². The second kappa shape index (κ2) is 10.8. The quantitative estimate of drug-likeness (QED) is 0.448. The molecule has 0 spiro atoms. The monoisotopic (exact) mass is 425 g/mol. The van der Waals surface area contributed by atoms with Crippen LogP contribution in [0.15, 0.2) is 35.3 Å². The van der Waals surface area contributed by atoms with Crippen LogP contribution in [0, 0.1) is 0 Å². The van der Waals surface area contributed by atoms with Gasteiger partial charge in [0, 0.05) is 32.9 Å². The zero-order chi connectivity index (χ0) is 20.5. The van der Waals surface area contributed by atoms with Crippen LogP contribution in [-0.2, 0) is 24.9 Å². The van der Waals surface area contributed by atoms with Gasteiger partial charge in [-0.05, 0) is 30.7 Å². The third-order valence-electron chi connectivity index (χ3n) is 3.98. The molecule has 9 heteroatoms. The molecule has 152 valence electrons. The van der Waals surface area contributed by atoms with Gasteiger partial charge in [-0.2, -0.15) is 0 Å². The minimum absolute atomic E-state index is 0.00424. The summed E-state index contributed by atoms with van der Waals surface area (Å²) in [6.07, 6.45) is 0. The number of ether oxygens (including phenoxy) is 1. The fraction of sp³-hybridized carbons (Fsp3) is 0.368. The normalized spacial score (nSPS) is 11.2. The van der Waals surface area contributed by atoms with E-state index in [0.717, 1.165) is 11.3 Å². The van der Waals surface area contributed by atoms with Gasteiger partial charge in [0.25, 0.3) is 5.91 Å². The molecule has 1 aromatic heterocycles. The Morgan fingerprint density at radius 3 is 2.57 bits per heavy atom. The van der Waals surface area contributed by atoms with Gasteiger partial charge in [0.05, 0.1) is 11.6 Å². The maximum Gasteiger partial charge on any atom is 0.257 e. The molecule has 28 heavy (non-hydrogen) atoms. The van der Waals surface area contributed by atoms with E-state index in [1.165, 1.54) is 0 Å². The lowest BCUT2D eigenvalue weighted by Crippen LogP contribution is -2.36. The second-order valence-corrected chi connectivity index (χ2v) is 6.77. The first-order valence-electron chi connectivity index (χ1n) is 8.87. The van der Waals surface area contributed by atoms with Gasteiger partial charge in [0.15, 0.2) is 12.6 Å². The standard InChI is InChI=1S/C19H25Cl2N5O2/c1-4-23-17(27)12-28-15-7-5-6-13(8-15)10-24-19(22-2)25-11-14-9-16(20)18(21)26(14)3/h5-9H,4,10-12H2,1-3H3,(H,23,27)(H2,22,24,25). The van der Waals surface area contributed by atoms with Crippen LogP contribution in [0.5, 0.6) is 5.75 Å². The van der Waals surface area contributed by atoms with Crippen molar-refractivity contribution in [3.8, 4) is 5.75 Å². The van der Waals surface area contributed by atoms with Crippen LogP contribution < -0.4 is 20.7 Å². The van der Waals surface area contributed by atoms with E-state index in [1.54, 1.807) is 7.05 Å². The first-order chi connectivity index (χ1) is 13.4. The molecule has 0 saturated carbocycles. The number of aliphatic imine (C=N–C) groups is 1. The molecule has 0 aliphatic heterocycles. The second-order valence-electron chi connectivity index (χ2n) is 6.00. The number of guanidine groups is 1. The fourth-order valence-corrected chi connectivity index (χ4v) is 2.90. The van der Waals surface area contributed by atoms with E-state index in [2.05, 4.69) is 20.9 Å². The first kappa shape index (κ1) is 21.9. The highest BCUT2D eigenvalue weighted by Crippen LogP contribution is 2.24. The maximum absolute atomic E-state index is 11.5. The van der Waals surface area contributed by atoms with E-state index in [4.69, 9.17) is 27.9 Å². The maximum atomic E-state index is 11.5. The summed E-state index contributed by atoms with van der Waals surface area (Å²) in [5.41, 5.74) is 1.94. The molecule has 0 aliphatic rings. The largest absolute Gasteiger partial charge is 0.484 e. The number of amides is 1. The zero-order valence-electron chi connectivity index (χ0n) is 16.2. The summed E-state index contributed by atoms with van der Waals surface area (Å²) in [4.78, 5) is 15.7. The van der Waals surface area contributed by atoms with Crippen molar-refractivity contribution in [2.45, 2.75) is 20.0 Å². The SMILES string of the molecule is CCNC(=O)COc1cccc(CNC(=NC)NCc2cc(Cl)c(Cl)n2C)c1. The molecule has 0 fully saturated rings. The molecule has 1 heterocycles. The van der Waals surface area contributed by atoms with Crippen LogP contribution in [0.2, 0.25) is 10.2 Å². The smallest absolute Gasteiger partial charge is 0.257 e. The van der Waals surface area contributed by atoms with Crippen LogP contribution in [0.1, 0.15) is 18.2 Å². The van der Waals surface area contributed by atoms with E-state index >= 15 is 0 Å². The summed E-state index contributed by atoms with van der Waals surface area (Å²) in [5.74, 6) is 1.14. The number of nitrogens with zero attached hydrogens (tertiary/aromatic N) is 2. The number of aromatic nitrogens is 1. The van der Waals surface area contributed by atoms with Crippen LogP contribution in [0.3, 0.4) is 0 Å². The number of halogens is 2. The van der Waals surface area contributed by atoms with Crippen LogP contribution in [-0.4, -0.2) is 36.6 Å². The topological polar surface area (TPSA) is 79.7 Å². The Balaban J connectivity index is 1.86. The van der Waals surface area contributed by atoms with E-state index in [9.17, 15) is 4.79 Å². The number of benzene rings is 1. The van der Waals surface area contributed by atoms with E-state index < -0.39 is 0 Å². The molecular formula is C19H25Cl2N5O2. The Morgan fingerprint density at radius 1 is 1.18 bits per heavy atom. The molecule has 7 nitrogen and oxygen atoms in total. The highest BCUT2D eigenvalue weighted by molar-refractivity contribution is 6.41. The lowest BCUT2D eigenvalue weighted by molar-refractivity contribution is -0.122. The summed E-state index contributed by atoms with van der Waals surface area (Å²) in [5, 5.41) is 10.2. The Labute approximate surface area is 175 Å². The third-order valence-corrected chi connectivity index (χ3v) is 4.82. The van der Waals surface area contributed by atoms with Gasteiger partial charge < -0.3 is 25.3 Å². The highest BCUT2D eigenvalue weighted by atomic mass is 35.5. The molecule has 1 aromatic carbocycles. The molecule has 2 aromatic rings. The fourth-order valence-electron chi connectivity index (χ4n) is 2.48. The van der Waals surface area contributed by atoms with Gasteiger partial charge in [0.1, 0.15) is 10.9 Å². The van der Waals surface area contributed by atoms with Gasteiger partial charge >= 0.3 is 0 Å². The van der Waals surface area contributed by atoms with E-state index in [-0.39, 0.29) is 12.5 Å². The van der Waals surface area contributed by atoms with Crippen LogP contribution in [0.25, 0.3) is 0 Å². The average molecular weight is 426 g/mol. The van der Waals surface area contributed by atoms with Gasteiger partial charge in [-0.25, -0.2) is 0 Å². The van der Waals surface area contributed by atoms with Gasteiger partial charge in [0.2, 0.25) is 0 Å². The summed E-state index contributed by atoms with van der Waals surface area (Å²) < 4.78 is 7.33. The number of carbonyl (C=O) groups is 1. The number of likely N-dealkylation sites (N-methyl/N-ethyl adjacent to an activating group) is 1. The summed E-state index contributed by atoms with van der Waals surface area (Å²) in [6.45, 7) is 3.52. The van der Waals surface area contributed by atoms with Gasteiger partial charge in [-0.1, -0.05) is 35.3 Å². The van der Waals surface area contributed by atoms with Gasteiger partial charge in [-0.3, -0.25) is 9.79 Å². The van der Waals surface area contributed by atoms with Crippen molar-refractivity contribution in [2.24, 2.45) is 12.0 Å². The van der Waals surface area contributed by atoms with Crippen molar-refractivity contribution in [3.63, 3.8) is 0 Å². The van der Waals surface area contributed by atoms with Crippen LogP contribution in [0.4, 0.5) is 0 Å². The van der Waals surface area contributed by atoms with Crippen molar-refractivity contribution in [2.75, 3.05) is 20.2 Å². The summed E-state index contributed by atoms with van der Waals surface area (Å²) in [7, 11) is 3.56. The number of hydrogen-bond acceptors (Lipinski definition) is 3. The lowest BCUT2D eigenvalue weighted by Gasteiger charge is -2.13. The number of rotatable bonds is 8. The Kier molecular flexibility index (Phi) is 8.47. The molecule has 0 atom stereocenters. The average Bonchev–Trinajstić information content (AvgIpc) is 2.94. The summed E-state index contributed by atoms with van der Waals surface area (Å²) >= 11 is 12.1. The highest BCUT2D eigenvalue weighted by Gasteiger charge is 2.09. The van der Waals surface area contributed by atoms with Crippen molar-refractivity contribution in [1.29, 1.82) is 0 Å². The van der Waals surface area contributed by atoms with Crippen molar-refractivity contribution in [1.82, 2.24) is 20.5 Å². The van der Waals surface area contributed by atoms with Gasteiger partial charge in [-0.15, -0.1) is 0 Å². The Morgan fingerprint density at radius 2 is 1.93 bits per heavy atom. The molecule has 0 radical (unpaired) electrons. The van der Waals surface area contributed by atoms with E-state index in [1.807, 2.05) is 48.9 Å². The molecule has 0 bridgehead atoms. The predicted octanol–water partition coefficient (Wildman–Crippen LogP) is 2.71. The molecular weight excluding hydrogens is 401 g/mol. The molecule has 0 unspecified atom stereocenters. The zero-order valence-corrected chi connectivity index (χ0v) is 17.7. The Hall–Kier alpha value is -2.38. The lowest BCUT2D eigenvalue weighted by atomic mass is 10.2. The van der Waals surface area contributed by atoms with E-state index in [0.29, 0.717) is 41.5 Å². The molecule has 2 rings (SSSR count). The minimum Gasteiger partial charge on any atom is -0.484 e. The van der Waals surface area contributed by atoms with Crippen molar-refractivity contribution >= 4 is 35.1 Å². The van der Waals surface area contributed by atoms with Crippen LogP contribution >= 0.6 is 23.2 Å². The molecule has 3 N–H and O–H groups in total.